The second-order valence-corrected chi connectivity index (χ2v) is 5.16. The summed E-state index contributed by atoms with van der Waals surface area (Å²) in [5.41, 5.74) is 1.08. The molecule has 0 fully saturated rings. The molecule has 1 aliphatic heterocycles. The van der Waals surface area contributed by atoms with Crippen molar-refractivity contribution >= 4 is 11.9 Å². The Morgan fingerprint density at radius 2 is 1.92 bits per heavy atom. The Hall–Kier alpha value is -3.02. The molecule has 6 nitrogen and oxygen atoms in total. The summed E-state index contributed by atoms with van der Waals surface area (Å²) < 4.78 is 21.0. The third kappa shape index (κ3) is 3.48. The number of hydrogen-bond donors (Lipinski definition) is 0. The number of fused-ring (bicyclic) bond motifs is 1. The Morgan fingerprint density at radius 3 is 2.71 bits per heavy atom. The molecule has 0 bridgehead atoms. The van der Waals surface area contributed by atoms with Crippen molar-refractivity contribution in [1.29, 1.82) is 0 Å². The van der Waals surface area contributed by atoms with Crippen LogP contribution in [-0.2, 0) is 20.9 Å². The van der Waals surface area contributed by atoms with E-state index < -0.39 is 18.0 Å². The van der Waals surface area contributed by atoms with Crippen LogP contribution in [0, 0.1) is 0 Å². The average molecular weight is 328 g/mol. The summed E-state index contributed by atoms with van der Waals surface area (Å²) in [4.78, 5) is 23.6. The third-order valence-electron chi connectivity index (χ3n) is 3.50. The summed E-state index contributed by atoms with van der Waals surface area (Å²) in [6.07, 6.45) is -0.816. The highest BCUT2D eigenvalue weighted by molar-refractivity contribution is 5.89. The van der Waals surface area contributed by atoms with Gasteiger partial charge in [0.1, 0.15) is 13.2 Å². The van der Waals surface area contributed by atoms with Crippen molar-refractivity contribution in [2.45, 2.75) is 12.7 Å². The van der Waals surface area contributed by atoms with E-state index in [9.17, 15) is 9.59 Å². The van der Waals surface area contributed by atoms with Gasteiger partial charge in [-0.15, -0.1) is 0 Å². The molecule has 3 rings (SSSR count). The topological polar surface area (TPSA) is 71.1 Å². The monoisotopic (exact) mass is 328 g/mol. The minimum Gasteiger partial charge on any atom is -0.485 e. The predicted octanol–water partition coefficient (Wildman–Crippen LogP) is 2.36. The highest BCUT2D eigenvalue weighted by Gasteiger charge is 2.28. The summed E-state index contributed by atoms with van der Waals surface area (Å²) in [5.74, 6) is 0.155. The van der Waals surface area contributed by atoms with Crippen molar-refractivity contribution in [3.63, 3.8) is 0 Å². The van der Waals surface area contributed by atoms with Gasteiger partial charge in [0, 0.05) is 0 Å². The normalized spacial score (nSPS) is 15.5. The molecule has 2 aromatic rings. The zero-order valence-corrected chi connectivity index (χ0v) is 13.1. The fourth-order valence-corrected chi connectivity index (χ4v) is 2.29. The first kappa shape index (κ1) is 15.9. The van der Waals surface area contributed by atoms with Gasteiger partial charge in [0.05, 0.1) is 12.7 Å². The lowest BCUT2D eigenvalue weighted by Gasteiger charge is -2.24. The molecule has 0 saturated carbocycles. The lowest BCUT2D eigenvalue weighted by atomic mass is 10.1. The minimum atomic E-state index is -0.816. The number of para-hydroxylation sites is 2. The van der Waals surface area contributed by atoms with Gasteiger partial charge in [-0.05, 0) is 29.8 Å². The second-order valence-electron chi connectivity index (χ2n) is 5.16. The predicted molar refractivity (Wildman–Crippen MR) is 83.9 cm³/mol. The molecule has 0 unspecified atom stereocenters. The fraction of sp³-hybridized carbons (Fsp3) is 0.222. The van der Waals surface area contributed by atoms with Crippen LogP contribution in [0.4, 0.5) is 0 Å². The van der Waals surface area contributed by atoms with Crippen LogP contribution in [0.2, 0.25) is 0 Å². The first-order valence-corrected chi connectivity index (χ1v) is 7.40. The molecule has 0 radical (unpaired) electrons. The van der Waals surface area contributed by atoms with Gasteiger partial charge in [-0.2, -0.15) is 0 Å². The van der Waals surface area contributed by atoms with Gasteiger partial charge < -0.3 is 18.9 Å². The van der Waals surface area contributed by atoms with Crippen LogP contribution in [-0.4, -0.2) is 31.8 Å². The van der Waals surface area contributed by atoms with E-state index in [-0.39, 0.29) is 13.2 Å². The smallest absolute Gasteiger partial charge is 0.351 e. The molecule has 0 aromatic heterocycles. The number of benzene rings is 2. The number of carbonyl (C=O) groups excluding carboxylic acids is 2. The van der Waals surface area contributed by atoms with Crippen molar-refractivity contribution in [3.8, 4) is 11.5 Å². The highest BCUT2D eigenvalue weighted by atomic mass is 16.6. The number of hydrogen-bond acceptors (Lipinski definition) is 6. The number of ether oxygens (including phenoxy) is 4. The van der Waals surface area contributed by atoms with E-state index in [2.05, 4.69) is 4.74 Å². The molecule has 1 heterocycles. The van der Waals surface area contributed by atoms with E-state index >= 15 is 0 Å². The number of carbonyl (C=O) groups is 2. The number of esters is 2. The van der Waals surface area contributed by atoms with Crippen LogP contribution in [0.3, 0.4) is 0 Å². The van der Waals surface area contributed by atoms with Gasteiger partial charge in [-0.25, -0.2) is 9.59 Å². The fourth-order valence-electron chi connectivity index (χ4n) is 2.29. The molecule has 0 N–H and O–H groups in total. The molecular formula is C18H16O6. The van der Waals surface area contributed by atoms with Gasteiger partial charge in [0.2, 0.25) is 6.10 Å². The summed E-state index contributed by atoms with van der Waals surface area (Å²) in [5, 5.41) is 0. The van der Waals surface area contributed by atoms with E-state index in [4.69, 9.17) is 14.2 Å². The summed E-state index contributed by atoms with van der Waals surface area (Å²) in [6, 6.07) is 13.8. The van der Waals surface area contributed by atoms with Crippen LogP contribution in [0.15, 0.2) is 48.5 Å². The quantitative estimate of drug-likeness (QED) is 0.803. The molecule has 124 valence electrons. The Morgan fingerprint density at radius 1 is 1.12 bits per heavy atom. The summed E-state index contributed by atoms with van der Waals surface area (Å²) in [6.45, 7) is 0.128. The van der Waals surface area contributed by atoms with Crippen molar-refractivity contribution in [2.24, 2.45) is 0 Å². The molecule has 0 aliphatic carbocycles. The van der Waals surface area contributed by atoms with Crippen LogP contribution in [0.1, 0.15) is 15.9 Å². The van der Waals surface area contributed by atoms with E-state index in [1.165, 1.54) is 7.11 Å². The van der Waals surface area contributed by atoms with Crippen molar-refractivity contribution in [3.05, 3.63) is 59.7 Å². The molecular weight excluding hydrogens is 312 g/mol. The van der Waals surface area contributed by atoms with Crippen molar-refractivity contribution in [1.82, 2.24) is 0 Å². The van der Waals surface area contributed by atoms with Gasteiger partial charge in [-0.3, -0.25) is 0 Å². The maximum atomic E-state index is 12.1. The lowest BCUT2D eigenvalue weighted by Crippen LogP contribution is -2.37. The van der Waals surface area contributed by atoms with Crippen LogP contribution in [0.25, 0.3) is 0 Å². The third-order valence-corrected chi connectivity index (χ3v) is 3.50. The van der Waals surface area contributed by atoms with Gasteiger partial charge in [0.15, 0.2) is 11.5 Å². The van der Waals surface area contributed by atoms with Crippen molar-refractivity contribution < 1.29 is 28.5 Å². The maximum Gasteiger partial charge on any atom is 0.351 e. The Balaban J connectivity index is 1.59. The van der Waals surface area contributed by atoms with Crippen LogP contribution in [0.5, 0.6) is 11.5 Å². The average Bonchev–Trinajstić information content (AvgIpc) is 2.65. The SMILES string of the molecule is COC(=O)c1cccc(COC(=O)[C@@H]2COc3ccccc3O2)c1. The summed E-state index contributed by atoms with van der Waals surface area (Å²) >= 11 is 0. The first-order chi connectivity index (χ1) is 11.7. The van der Waals surface area contributed by atoms with Crippen LogP contribution >= 0.6 is 0 Å². The van der Waals surface area contributed by atoms with Crippen molar-refractivity contribution in [2.75, 3.05) is 13.7 Å². The largest absolute Gasteiger partial charge is 0.485 e. The minimum absolute atomic E-state index is 0.0329. The van der Waals surface area contributed by atoms with Crippen LogP contribution < -0.4 is 9.47 Å². The molecule has 1 atom stereocenters. The highest BCUT2D eigenvalue weighted by Crippen LogP contribution is 2.31. The Labute approximate surface area is 138 Å². The summed E-state index contributed by atoms with van der Waals surface area (Å²) in [7, 11) is 1.31. The number of methoxy groups -OCH3 is 1. The van der Waals surface area contributed by atoms with E-state index in [0.29, 0.717) is 22.6 Å². The standard InChI is InChI=1S/C18H16O6/c1-21-17(19)13-6-4-5-12(9-13)10-23-18(20)16-11-22-14-7-2-3-8-15(14)24-16/h2-9,16H,10-11H2,1H3/t16-/m0/s1. The molecule has 0 spiro atoms. The molecule has 6 heteroatoms. The first-order valence-electron chi connectivity index (χ1n) is 7.40. The maximum absolute atomic E-state index is 12.1. The van der Waals surface area contributed by atoms with E-state index in [0.717, 1.165) is 0 Å². The van der Waals surface area contributed by atoms with E-state index in [1.807, 2.05) is 6.07 Å². The van der Waals surface area contributed by atoms with Gasteiger partial charge >= 0.3 is 11.9 Å². The number of rotatable bonds is 4. The molecule has 2 aromatic carbocycles. The Bertz CT molecular complexity index is 755. The lowest BCUT2D eigenvalue weighted by molar-refractivity contribution is -0.155. The molecule has 24 heavy (non-hydrogen) atoms. The Kier molecular flexibility index (Phi) is 4.65. The van der Waals surface area contributed by atoms with Gasteiger partial charge in [-0.1, -0.05) is 24.3 Å². The molecule has 1 aliphatic rings. The molecule has 0 amide bonds. The second kappa shape index (κ2) is 7.04. The van der Waals surface area contributed by atoms with Gasteiger partial charge in [0.25, 0.3) is 0 Å². The van der Waals surface area contributed by atoms with E-state index in [1.54, 1.807) is 42.5 Å². The zero-order valence-electron chi connectivity index (χ0n) is 13.1. The zero-order chi connectivity index (χ0) is 16.9. The molecule has 0 saturated heterocycles.